The maximum Gasteiger partial charge on any atom is 0.191 e. The summed E-state index contributed by atoms with van der Waals surface area (Å²) in [5.74, 6) is 2.73. The zero-order valence-electron chi connectivity index (χ0n) is 16.4. The van der Waals surface area contributed by atoms with Crippen LogP contribution in [-0.4, -0.2) is 36.8 Å². The first-order valence-corrected chi connectivity index (χ1v) is 8.94. The minimum absolute atomic E-state index is 0. The van der Waals surface area contributed by atoms with Crippen molar-refractivity contribution < 1.29 is 14.3 Å². The first-order chi connectivity index (χ1) is 12.4. The van der Waals surface area contributed by atoms with Crippen molar-refractivity contribution in [2.75, 3.05) is 19.6 Å². The van der Waals surface area contributed by atoms with E-state index in [1.165, 1.54) is 0 Å². The normalized spacial score (nSPS) is 14.6. The quantitative estimate of drug-likeness (QED) is 0.302. The van der Waals surface area contributed by atoms with Crippen molar-refractivity contribution in [2.45, 2.75) is 39.4 Å². The van der Waals surface area contributed by atoms with Gasteiger partial charge in [0, 0.05) is 6.54 Å². The Morgan fingerprint density at radius 2 is 1.93 bits per heavy atom. The summed E-state index contributed by atoms with van der Waals surface area (Å²) in [7, 11) is 0. The minimum atomic E-state index is -1.16. The number of hydrogen-bond donors (Lipinski definition) is 3. The van der Waals surface area contributed by atoms with E-state index in [9.17, 15) is 5.11 Å². The molecular weight excluding hydrogens is 457 g/mol. The minimum Gasteiger partial charge on any atom is -0.489 e. The highest BCUT2D eigenvalue weighted by Crippen LogP contribution is 2.23. The van der Waals surface area contributed by atoms with Gasteiger partial charge in [-0.05, 0) is 52.0 Å². The summed E-state index contributed by atoms with van der Waals surface area (Å²) in [6, 6.07) is 13.3. The fourth-order valence-electron chi connectivity index (χ4n) is 2.39. The van der Waals surface area contributed by atoms with E-state index in [1.54, 1.807) is 13.0 Å². The van der Waals surface area contributed by atoms with Crippen LogP contribution in [0.25, 0.3) is 0 Å². The number of hydrogen-bond acceptors (Lipinski definition) is 4. The van der Waals surface area contributed by atoms with E-state index in [1.807, 2.05) is 57.2 Å². The molecule has 150 valence electrons. The summed E-state index contributed by atoms with van der Waals surface area (Å²) in [5, 5.41) is 17.0. The van der Waals surface area contributed by atoms with Crippen LogP contribution in [0.15, 0.2) is 51.9 Å². The average molecular weight is 487 g/mol. The molecular formula is C20H30IN3O3. The number of ether oxygens (including phenoxy) is 1. The van der Waals surface area contributed by atoms with Gasteiger partial charge in [-0.1, -0.05) is 18.2 Å². The number of aryl methyl sites for hydroxylation is 1. The SMILES string of the molecule is CCNC(=NCC(C)(O)c1ccc(C)o1)NCC(C)Oc1ccccc1.I. The maximum absolute atomic E-state index is 10.6. The van der Waals surface area contributed by atoms with E-state index in [0.29, 0.717) is 18.3 Å². The van der Waals surface area contributed by atoms with Gasteiger partial charge in [0.25, 0.3) is 0 Å². The van der Waals surface area contributed by atoms with Gasteiger partial charge in [0.1, 0.15) is 29.0 Å². The summed E-state index contributed by atoms with van der Waals surface area (Å²) in [5.41, 5.74) is -1.16. The molecule has 3 N–H and O–H groups in total. The lowest BCUT2D eigenvalue weighted by Gasteiger charge is -2.21. The third kappa shape index (κ3) is 7.80. The second-order valence-electron chi connectivity index (χ2n) is 6.50. The van der Waals surface area contributed by atoms with Crippen LogP contribution in [0.2, 0.25) is 0 Å². The van der Waals surface area contributed by atoms with E-state index in [2.05, 4.69) is 15.6 Å². The summed E-state index contributed by atoms with van der Waals surface area (Å²) in [4.78, 5) is 4.48. The molecule has 1 heterocycles. The molecule has 1 aromatic carbocycles. The van der Waals surface area contributed by atoms with Crippen LogP contribution >= 0.6 is 24.0 Å². The molecule has 0 aliphatic heterocycles. The van der Waals surface area contributed by atoms with Crippen LogP contribution < -0.4 is 15.4 Å². The monoisotopic (exact) mass is 487 g/mol. The second kappa shape index (κ2) is 11.2. The number of guanidine groups is 1. The fourth-order valence-corrected chi connectivity index (χ4v) is 2.39. The van der Waals surface area contributed by atoms with Crippen molar-refractivity contribution in [3.63, 3.8) is 0 Å². The van der Waals surface area contributed by atoms with Crippen molar-refractivity contribution in [3.8, 4) is 5.75 Å². The molecule has 0 amide bonds. The second-order valence-corrected chi connectivity index (χ2v) is 6.50. The van der Waals surface area contributed by atoms with Crippen molar-refractivity contribution in [3.05, 3.63) is 54.0 Å². The third-order valence-corrected chi connectivity index (χ3v) is 3.80. The number of aliphatic imine (C=N–C) groups is 1. The molecule has 7 heteroatoms. The van der Waals surface area contributed by atoms with E-state index >= 15 is 0 Å². The van der Waals surface area contributed by atoms with Crippen molar-refractivity contribution >= 4 is 29.9 Å². The number of nitrogens with zero attached hydrogens (tertiary/aromatic N) is 1. The average Bonchev–Trinajstić information content (AvgIpc) is 3.06. The Balaban J connectivity index is 0.00000364. The molecule has 0 aliphatic rings. The summed E-state index contributed by atoms with van der Waals surface area (Å²) < 4.78 is 11.4. The number of para-hydroxylation sites is 1. The lowest BCUT2D eigenvalue weighted by Crippen LogP contribution is -2.42. The number of aliphatic hydroxyl groups is 1. The molecule has 0 saturated heterocycles. The summed E-state index contributed by atoms with van der Waals surface area (Å²) in [6.45, 7) is 9.02. The number of furan rings is 1. The zero-order valence-corrected chi connectivity index (χ0v) is 18.7. The van der Waals surface area contributed by atoms with Crippen molar-refractivity contribution in [1.29, 1.82) is 0 Å². The van der Waals surface area contributed by atoms with Gasteiger partial charge >= 0.3 is 0 Å². The molecule has 1 aromatic heterocycles. The fraction of sp³-hybridized carbons (Fsp3) is 0.450. The van der Waals surface area contributed by atoms with Crippen LogP contribution in [0.3, 0.4) is 0 Å². The van der Waals surface area contributed by atoms with Gasteiger partial charge in [0.2, 0.25) is 0 Å². The van der Waals surface area contributed by atoms with E-state index in [4.69, 9.17) is 9.15 Å². The van der Waals surface area contributed by atoms with Crippen molar-refractivity contribution in [1.82, 2.24) is 10.6 Å². The Hall–Kier alpha value is -1.74. The maximum atomic E-state index is 10.6. The number of nitrogens with one attached hydrogen (secondary N) is 2. The highest BCUT2D eigenvalue weighted by molar-refractivity contribution is 14.0. The lowest BCUT2D eigenvalue weighted by molar-refractivity contribution is 0.0428. The molecule has 2 atom stereocenters. The highest BCUT2D eigenvalue weighted by atomic mass is 127. The van der Waals surface area contributed by atoms with Gasteiger partial charge in [-0.2, -0.15) is 0 Å². The third-order valence-electron chi connectivity index (χ3n) is 3.80. The molecule has 6 nitrogen and oxygen atoms in total. The van der Waals surface area contributed by atoms with E-state index in [0.717, 1.165) is 18.1 Å². The Morgan fingerprint density at radius 1 is 1.22 bits per heavy atom. The van der Waals surface area contributed by atoms with E-state index in [-0.39, 0.29) is 36.6 Å². The molecule has 0 radical (unpaired) electrons. The molecule has 2 unspecified atom stereocenters. The Kier molecular flexibility index (Phi) is 9.65. The van der Waals surface area contributed by atoms with Crippen molar-refractivity contribution in [2.24, 2.45) is 4.99 Å². The van der Waals surface area contributed by atoms with Crippen LogP contribution in [-0.2, 0) is 5.60 Å². The molecule has 0 spiro atoms. The molecule has 2 aromatic rings. The van der Waals surface area contributed by atoms with Crippen LogP contribution in [0.1, 0.15) is 32.3 Å². The first-order valence-electron chi connectivity index (χ1n) is 8.94. The highest BCUT2D eigenvalue weighted by Gasteiger charge is 2.26. The predicted molar refractivity (Wildman–Crippen MR) is 119 cm³/mol. The predicted octanol–water partition coefficient (Wildman–Crippen LogP) is 3.44. The van der Waals surface area contributed by atoms with Gasteiger partial charge in [0.15, 0.2) is 5.96 Å². The van der Waals surface area contributed by atoms with Gasteiger partial charge in [-0.15, -0.1) is 24.0 Å². The molecule has 0 aliphatic carbocycles. The number of rotatable bonds is 8. The molecule has 0 fully saturated rings. The number of halogens is 1. The largest absolute Gasteiger partial charge is 0.489 e. The van der Waals surface area contributed by atoms with E-state index < -0.39 is 5.60 Å². The smallest absolute Gasteiger partial charge is 0.191 e. The molecule has 27 heavy (non-hydrogen) atoms. The van der Waals surface area contributed by atoms with Crippen LogP contribution in [0, 0.1) is 6.92 Å². The molecule has 2 rings (SSSR count). The summed E-state index contributed by atoms with van der Waals surface area (Å²) in [6.07, 6.45) is -0.0329. The standard InChI is InChI=1S/C20H29N3O3.HI/c1-5-21-19(22-13-16(3)25-17-9-7-6-8-10-17)23-14-20(4,24)18-12-11-15(2)26-18;/h6-12,16,24H,5,13-14H2,1-4H3,(H2,21,22,23);1H. The van der Waals surface area contributed by atoms with Gasteiger partial charge in [-0.3, -0.25) is 0 Å². The van der Waals surface area contributed by atoms with Gasteiger partial charge < -0.3 is 24.9 Å². The van der Waals surface area contributed by atoms with Gasteiger partial charge in [-0.25, -0.2) is 4.99 Å². The lowest BCUT2D eigenvalue weighted by atomic mass is 10.0. The topological polar surface area (TPSA) is 79.0 Å². The Labute approximate surface area is 178 Å². The Morgan fingerprint density at radius 3 is 2.52 bits per heavy atom. The first kappa shape index (κ1) is 23.3. The Bertz CT molecular complexity index is 702. The summed E-state index contributed by atoms with van der Waals surface area (Å²) >= 11 is 0. The molecule has 0 bridgehead atoms. The van der Waals surface area contributed by atoms with Crippen LogP contribution in [0.4, 0.5) is 0 Å². The molecule has 0 saturated carbocycles. The zero-order chi connectivity index (χ0) is 19.0. The van der Waals surface area contributed by atoms with Gasteiger partial charge in [0.05, 0.1) is 13.1 Å². The van der Waals surface area contributed by atoms with Crippen LogP contribution in [0.5, 0.6) is 5.75 Å². The number of benzene rings is 1.